The fraction of sp³-hybridized carbons (Fsp3) is 0.650. The molecule has 1 amide bonds. The predicted octanol–water partition coefficient (Wildman–Crippen LogP) is 3.16. The summed E-state index contributed by atoms with van der Waals surface area (Å²) < 4.78 is 32.9. The topological polar surface area (TPSA) is 78.5 Å². The van der Waals surface area contributed by atoms with Crippen LogP contribution in [0.25, 0.3) is 10.2 Å². The smallest absolute Gasteiger partial charge is 0.410 e. The Kier molecular flexibility index (Phi) is 5.56. The first-order valence-electron chi connectivity index (χ1n) is 10.2. The highest BCUT2D eigenvalue weighted by Gasteiger charge is 2.37. The minimum Gasteiger partial charge on any atom is -0.444 e. The van der Waals surface area contributed by atoms with Crippen molar-refractivity contribution in [2.45, 2.75) is 64.6 Å². The Bertz CT molecular complexity index is 1010. The van der Waals surface area contributed by atoms with E-state index in [-0.39, 0.29) is 31.7 Å². The lowest BCUT2D eigenvalue weighted by Gasteiger charge is -2.40. The number of rotatable bonds is 3. The van der Waals surface area contributed by atoms with Gasteiger partial charge in [0.1, 0.15) is 16.3 Å². The van der Waals surface area contributed by atoms with Gasteiger partial charge >= 0.3 is 6.09 Å². The van der Waals surface area contributed by atoms with E-state index in [2.05, 4.69) is 9.97 Å². The first kappa shape index (κ1) is 21.2. The van der Waals surface area contributed by atoms with E-state index in [1.165, 1.54) is 21.1 Å². The lowest BCUT2D eigenvalue weighted by Crippen LogP contribution is -2.57. The Labute approximate surface area is 177 Å². The number of aromatic amines is 1. The third kappa shape index (κ3) is 4.20. The van der Waals surface area contributed by atoms with Crippen molar-refractivity contribution >= 4 is 27.6 Å². The maximum absolute atomic E-state index is 13.8. The molecule has 3 heterocycles. The summed E-state index contributed by atoms with van der Waals surface area (Å²) in [6, 6.07) is -1.15. The number of piperazine rings is 1. The average molecular weight is 441 g/mol. The van der Waals surface area contributed by atoms with Gasteiger partial charge in [-0.05, 0) is 45.6 Å². The molecule has 4 rings (SSSR count). The Morgan fingerprint density at radius 2 is 2.10 bits per heavy atom. The standard InChI is InChI=1S/C20H26F2N4O3S/c1-20(2,3)29-19(28)26-8-7-25(12(9-26)16(21)22)10-14-23-17(27)15-11-5-4-6-13(11)30-18(15)24-14/h12,16H,4-10H2,1-3H3,(H,23,24,27). The molecule has 1 fully saturated rings. The van der Waals surface area contributed by atoms with Crippen molar-refractivity contribution in [3.05, 3.63) is 26.6 Å². The van der Waals surface area contributed by atoms with Gasteiger partial charge in [-0.2, -0.15) is 0 Å². The predicted molar refractivity (Wildman–Crippen MR) is 110 cm³/mol. The fourth-order valence-electron chi connectivity index (χ4n) is 4.09. The molecule has 2 aromatic rings. The second kappa shape index (κ2) is 7.88. The van der Waals surface area contributed by atoms with Crippen LogP contribution in [0.4, 0.5) is 13.6 Å². The number of carbonyl (C=O) groups excluding carboxylic acids is 1. The molecule has 1 aliphatic carbocycles. The first-order valence-corrected chi connectivity index (χ1v) is 11.0. The third-order valence-electron chi connectivity index (χ3n) is 5.45. The molecule has 30 heavy (non-hydrogen) atoms. The van der Waals surface area contributed by atoms with Gasteiger partial charge in [-0.1, -0.05) is 0 Å². The Hall–Kier alpha value is -2.07. The number of H-pyrrole nitrogens is 1. The Balaban J connectivity index is 1.51. The van der Waals surface area contributed by atoms with Crippen LogP contribution in [0.15, 0.2) is 4.79 Å². The molecule has 1 aliphatic heterocycles. The number of fused-ring (bicyclic) bond motifs is 3. The van der Waals surface area contributed by atoms with E-state index in [0.29, 0.717) is 16.0 Å². The lowest BCUT2D eigenvalue weighted by molar-refractivity contribution is -0.0389. The molecule has 0 radical (unpaired) electrons. The van der Waals surface area contributed by atoms with Crippen molar-refractivity contribution in [3.63, 3.8) is 0 Å². The summed E-state index contributed by atoms with van der Waals surface area (Å²) in [5.74, 6) is 0.379. The molecule has 0 aromatic carbocycles. The monoisotopic (exact) mass is 440 g/mol. The van der Waals surface area contributed by atoms with Crippen molar-refractivity contribution in [2.24, 2.45) is 0 Å². The number of hydrogen-bond donors (Lipinski definition) is 1. The number of halogens is 2. The van der Waals surface area contributed by atoms with E-state index in [1.54, 1.807) is 25.7 Å². The van der Waals surface area contributed by atoms with Crippen molar-refractivity contribution < 1.29 is 18.3 Å². The molecule has 1 N–H and O–H groups in total. The minimum absolute atomic E-state index is 0.102. The molecule has 1 unspecified atom stereocenters. The van der Waals surface area contributed by atoms with Gasteiger partial charge in [0.2, 0.25) is 0 Å². The zero-order valence-corrected chi connectivity index (χ0v) is 18.2. The molecule has 2 aromatic heterocycles. The highest BCUT2D eigenvalue weighted by Crippen LogP contribution is 2.34. The highest BCUT2D eigenvalue weighted by molar-refractivity contribution is 7.18. The van der Waals surface area contributed by atoms with Gasteiger partial charge in [-0.25, -0.2) is 18.6 Å². The zero-order chi connectivity index (χ0) is 21.6. The van der Waals surface area contributed by atoms with Crippen molar-refractivity contribution in [3.8, 4) is 0 Å². The number of amides is 1. The number of hydrogen-bond acceptors (Lipinski definition) is 6. The highest BCUT2D eigenvalue weighted by atomic mass is 32.1. The van der Waals surface area contributed by atoms with Crippen LogP contribution < -0.4 is 5.56 Å². The molecule has 10 heteroatoms. The molecule has 2 aliphatic rings. The minimum atomic E-state index is -2.64. The molecule has 1 atom stereocenters. The summed E-state index contributed by atoms with van der Waals surface area (Å²) in [6.45, 7) is 5.71. The van der Waals surface area contributed by atoms with E-state index >= 15 is 0 Å². The number of aromatic nitrogens is 2. The lowest BCUT2D eigenvalue weighted by atomic mass is 10.1. The summed E-state index contributed by atoms with van der Waals surface area (Å²) in [7, 11) is 0. The largest absolute Gasteiger partial charge is 0.444 e. The average Bonchev–Trinajstić information content (AvgIpc) is 3.20. The molecular weight excluding hydrogens is 414 g/mol. The van der Waals surface area contributed by atoms with Crippen LogP contribution in [-0.2, 0) is 24.1 Å². The van der Waals surface area contributed by atoms with E-state index in [0.717, 1.165) is 24.8 Å². The fourth-order valence-corrected chi connectivity index (χ4v) is 5.37. The van der Waals surface area contributed by atoms with E-state index < -0.39 is 24.2 Å². The number of nitrogens with one attached hydrogen (secondary N) is 1. The number of alkyl halides is 2. The van der Waals surface area contributed by atoms with Crippen LogP contribution in [0.3, 0.4) is 0 Å². The van der Waals surface area contributed by atoms with Gasteiger partial charge in [0.05, 0.1) is 18.0 Å². The maximum atomic E-state index is 13.8. The summed E-state index contributed by atoms with van der Waals surface area (Å²) in [4.78, 5) is 37.0. The Morgan fingerprint density at radius 1 is 1.33 bits per heavy atom. The van der Waals surface area contributed by atoms with Gasteiger partial charge in [-0.15, -0.1) is 11.3 Å². The molecule has 7 nitrogen and oxygen atoms in total. The van der Waals surface area contributed by atoms with Gasteiger partial charge in [-0.3, -0.25) is 9.69 Å². The molecule has 0 spiro atoms. The van der Waals surface area contributed by atoms with Crippen LogP contribution in [-0.4, -0.2) is 63.6 Å². The first-order chi connectivity index (χ1) is 14.1. The molecule has 0 saturated carbocycles. The van der Waals surface area contributed by atoms with Crippen LogP contribution in [0, 0.1) is 0 Å². The summed E-state index contributed by atoms with van der Waals surface area (Å²) >= 11 is 1.53. The second-order valence-corrected chi connectivity index (χ2v) is 9.93. The van der Waals surface area contributed by atoms with Gasteiger partial charge in [0.25, 0.3) is 12.0 Å². The molecule has 164 valence electrons. The molecular formula is C20H26F2N4O3S. The zero-order valence-electron chi connectivity index (χ0n) is 17.3. The van der Waals surface area contributed by atoms with E-state index in [1.807, 2.05) is 0 Å². The SMILES string of the molecule is CC(C)(C)OC(=O)N1CCN(Cc2nc3sc4c(c3c(=O)[nH]2)CCC4)C(C(F)F)C1. The summed E-state index contributed by atoms with van der Waals surface area (Å²) in [5, 5.41) is 0.649. The second-order valence-electron chi connectivity index (χ2n) is 8.85. The molecule has 0 bridgehead atoms. The van der Waals surface area contributed by atoms with Crippen LogP contribution >= 0.6 is 11.3 Å². The van der Waals surface area contributed by atoms with Crippen LogP contribution in [0.5, 0.6) is 0 Å². The third-order valence-corrected chi connectivity index (χ3v) is 6.64. The van der Waals surface area contributed by atoms with Crippen LogP contribution in [0.2, 0.25) is 0 Å². The number of aryl methyl sites for hydroxylation is 2. The summed E-state index contributed by atoms with van der Waals surface area (Å²) in [5.41, 5.74) is 0.205. The normalized spacial score (nSPS) is 20.2. The van der Waals surface area contributed by atoms with Crippen molar-refractivity contribution in [2.75, 3.05) is 19.6 Å². The van der Waals surface area contributed by atoms with Crippen molar-refractivity contribution in [1.29, 1.82) is 0 Å². The number of carbonyl (C=O) groups is 1. The number of thiophene rings is 1. The number of ether oxygens (including phenoxy) is 1. The van der Waals surface area contributed by atoms with Gasteiger partial charge in [0.15, 0.2) is 0 Å². The van der Waals surface area contributed by atoms with Crippen molar-refractivity contribution in [1.82, 2.24) is 19.8 Å². The number of nitrogens with zero attached hydrogens (tertiary/aromatic N) is 3. The van der Waals surface area contributed by atoms with E-state index in [9.17, 15) is 18.4 Å². The van der Waals surface area contributed by atoms with Gasteiger partial charge in [0, 0.05) is 24.5 Å². The van der Waals surface area contributed by atoms with Gasteiger partial charge < -0.3 is 14.6 Å². The van der Waals surface area contributed by atoms with Crippen LogP contribution in [0.1, 0.15) is 43.5 Å². The Morgan fingerprint density at radius 3 is 2.80 bits per heavy atom. The molecule has 1 saturated heterocycles. The maximum Gasteiger partial charge on any atom is 0.410 e. The quantitative estimate of drug-likeness (QED) is 0.793. The van der Waals surface area contributed by atoms with E-state index in [4.69, 9.17) is 4.74 Å². The summed E-state index contributed by atoms with van der Waals surface area (Å²) in [6.07, 6.45) is -0.328.